The maximum Gasteiger partial charge on any atom is 0.326 e. The smallest absolute Gasteiger partial charge is 0.326 e. The van der Waals surface area contributed by atoms with Crippen molar-refractivity contribution in [3.05, 3.63) is 47.5 Å². The predicted molar refractivity (Wildman–Crippen MR) is 119 cm³/mol. The van der Waals surface area contributed by atoms with Crippen molar-refractivity contribution in [2.75, 3.05) is 5.32 Å². The van der Waals surface area contributed by atoms with E-state index in [0.29, 0.717) is 11.4 Å². The summed E-state index contributed by atoms with van der Waals surface area (Å²) in [6.45, 7) is 5.62. The number of hydrogen-bond donors (Lipinski definition) is 2. The van der Waals surface area contributed by atoms with Crippen LogP contribution < -0.4 is 10.6 Å². The van der Waals surface area contributed by atoms with Crippen LogP contribution in [0, 0.1) is 0 Å². The van der Waals surface area contributed by atoms with Crippen molar-refractivity contribution < 1.29 is 28.7 Å². The summed E-state index contributed by atoms with van der Waals surface area (Å²) >= 11 is 0. The van der Waals surface area contributed by atoms with Crippen LogP contribution in [0.3, 0.4) is 0 Å². The quantitative estimate of drug-likeness (QED) is 0.478. The van der Waals surface area contributed by atoms with Crippen LogP contribution in [0.2, 0.25) is 0 Å². The maximum absolute atomic E-state index is 13.1. The molecule has 0 bridgehead atoms. The molecule has 2 N–H and O–H groups in total. The molecular formula is C23H25N5O6. The first-order valence-corrected chi connectivity index (χ1v) is 10.8. The highest BCUT2D eigenvalue weighted by atomic mass is 16.6. The molecule has 4 amide bonds. The number of rotatable bonds is 6. The summed E-state index contributed by atoms with van der Waals surface area (Å²) in [4.78, 5) is 66.9. The van der Waals surface area contributed by atoms with Gasteiger partial charge in [0.1, 0.15) is 18.2 Å². The van der Waals surface area contributed by atoms with Crippen molar-refractivity contribution in [1.82, 2.24) is 19.8 Å². The second kappa shape index (κ2) is 8.73. The van der Waals surface area contributed by atoms with Gasteiger partial charge in [0.2, 0.25) is 11.8 Å². The van der Waals surface area contributed by atoms with E-state index in [1.54, 1.807) is 43.7 Å². The molecule has 0 spiro atoms. The Morgan fingerprint density at radius 1 is 1.21 bits per heavy atom. The van der Waals surface area contributed by atoms with Crippen LogP contribution in [0.1, 0.15) is 60.0 Å². The number of fused-ring (bicyclic) bond motifs is 1. The van der Waals surface area contributed by atoms with Gasteiger partial charge in [0.05, 0.1) is 29.7 Å². The van der Waals surface area contributed by atoms with Crippen LogP contribution in [0.15, 0.2) is 30.7 Å². The fraction of sp³-hybridized carbons (Fsp3) is 0.391. The Morgan fingerprint density at radius 3 is 2.68 bits per heavy atom. The molecule has 0 radical (unpaired) electrons. The summed E-state index contributed by atoms with van der Waals surface area (Å²) in [7, 11) is 0. The second-order valence-electron chi connectivity index (χ2n) is 9.15. The minimum absolute atomic E-state index is 0.0128. The van der Waals surface area contributed by atoms with Crippen molar-refractivity contribution in [3.8, 4) is 0 Å². The fourth-order valence-electron chi connectivity index (χ4n) is 3.96. The number of carbonyl (C=O) groups excluding carboxylic acids is 5. The summed E-state index contributed by atoms with van der Waals surface area (Å²) in [5.41, 5.74) is 0.814. The first kappa shape index (κ1) is 23.1. The Hall–Kier alpha value is -4.02. The lowest BCUT2D eigenvalue weighted by molar-refractivity contribution is -0.155. The van der Waals surface area contributed by atoms with E-state index in [1.165, 1.54) is 12.4 Å². The number of piperidine rings is 1. The molecule has 3 heterocycles. The van der Waals surface area contributed by atoms with E-state index in [-0.39, 0.29) is 43.0 Å². The van der Waals surface area contributed by atoms with Gasteiger partial charge in [0.25, 0.3) is 11.8 Å². The van der Waals surface area contributed by atoms with E-state index in [0.717, 1.165) is 4.90 Å². The number of imide groups is 2. The molecule has 2 aliphatic rings. The van der Waals surface area contributed by atoms with Gasteiger partial charge in [-0.25, -0.2) is 4.98 Å². The largest absolute Gasteiger partial charge is 0.459 e. The normalized spacial score (nSPS) is 18.1. The molecule has 34 heavy (non-hydrogen) atoms. The zero-order chi connectivity index (χ0) is 24.6. The molecule has 1 aromatic carbocycles. The average Bonchev–Trinajstić information content (AvgIpc) is 3.28. The molecule has 0 aliphatic carbocycles. The lowest BCUT2D eigenvalue weighted by atomic mass is 10.0. The molecule has 1 saturated heterocycles. The van der Waals surface area contributed by atoms with Crippen molar-refractivity contribution >= 4 is 35.3 Å². The van der Waals surface area contributed by atoms with Gasteiger partial charge in [0.15, 0.2) is 0 Å². The zero-order valence-corrected chi connectivity index (χ0v) is 19.1. The zero-order valence-electron chi connectivity index (χ0n) is 19.1. The summed E-state index contributed by atoms with van der Waals surface area (Å²) in [5, 5.41) is 5.29. The van der Waals surface area contributed by atoms with Gasteiger partial charge in [-0.1, -0.05) is 6.07 Å². The number of benzene rings is 1. The van der Waals surface area contributed by atoms with E-state index >= 15 is 0 Å². The molecule has 1 aromatic heterocycles. The van der Waals surface area contributed by atoms with Gasteiger partial charge in [0, 0.05) is 18.3 Å². The fourth-order valence-corrected chi connectivity index (χ4v) is 3.96. The van der Waals surface area contributed by atoms with E-state index in [4.69, 9.17) is 4.74 Å². The third-order valence-electron chi connectivity index (χ3n) is 5.35. The number of imidazole rings is 1. The van der Waals surface area contributed by atoms with Crippen LogP contribution >= 0.6 is 0 Å². The Balaban J connectivity index is 1.46. The lowest BCUT2D eigenvalue weighted by Crippen LogP contribution is -2.54. The van der Waals surface area contributed by atoms with Crippen LogP contribution in [0.4, 0.5) is 5.69 Å². The molecule has 0 saturated carbocycles. The first-order valence-electron chi connectivity index (χ1n) is 10.8. The molecule has 11 heteroatoms. The molecule has 178 valence electrons. The van der Waals surface area contributed by atoms with Gasteiger partial charge in [-0.2, -0.15) is 0 Å². The number of nitrogens with one attached hydrogen (secondary N) is 2. The van der Waals surface area contributed by atoms with E-state index in [1.807, 2.05) is 0 Å². The van der Waals surface area contributed by atoms with Crippen LogP contribution in [0.5, 0.6) is 0 Å². The summed E-state index contributed by atoms with van der Waals surface area (Å²) in [6, 6.07) is 3.81. The lowest BCUT2D eigenvalue weighted by Gasteiger charge is -2.27. The number of hydrogen-bond acceptors (Lipinski definition) is 8. The molecule has 1 atom stereocenters. The molecule has 1 fully saturated rings. The monoisotopic (exact) mass is 467 g/mol. The number of nitrogens with zero attached hydrogens (tertiary/aromatic N) is 3. The van der Waals surface area contributed by atoms with Gasteiger partial charge < -0.3 is 14.6 Å². The van der Waals surface area contributed by atoms with Crippen molar-refractivity contribution in [2.24, 2.45) is 0 Å². The highest BCUT2D eigenvalue weighted by Gasteiger charge is 2.45. The minimum atomic E-state index is -1.03. The first-order chi connectivity index (χ1) is 16.0. The molecule has 1 unspecified atom stereocenters. The van der Waals surface area contributed by atoms with Gasteiger partial charge in [-0.15, -0.1) is 0 Å². The standard InChI is InChI=1S/C23H25N5O6/c1-23(2,3)34-18(30)11-27-10-13(25-12-27)9-24-15-6-4-5-14-19(15)22(33)28(21(14)32)16-7-8-17(29)26-20(16)31/h4-6,10,12,16,24H,7-9,11H2,1-3H3,(H,26,29,31). The number of ether oxygens (including phenoxy) is 1. The van der Waals surface area contributed by atoms with Crippen molar-refractivity contribution in [3.63, 3.8) is 0 Å². The predicted octanol–water partition coefficient (Wildman–Crippen LogP) is 1.24. The summed E-state index contributed by atoms with van der Waals surface area (Å²) in [6.07, 6.45) is 3.34. The SMILES string of the molecule is CC(C)(C)OC(=O)Cn1cnc(CNc2cccc3c2C(=O)N(C2CCC(=O)NC2=O)C3=O)c1. The molecule has 4 rings (SSSR count). The second-order valence-corrected chi connectivity index (χ2v) is 9.15. The average molecular weight is 467 g/mol. The van der Waals surface area contributed by atoms with Crippen LogP contribution in [-0.2, 0) is 32.2 Å². The summed E-state index contributed by atoms with van der Waals surface area (Å²) < 4.78 is 6.90. The molecular weight excluding hydrogens is 442 g/mol. The number of esters is 1. The highest BCUT2D eigenvalue weighted by molar-refractivity contribution is 6.25. The summed E-state index contributed by atoms with van der Waals surface area (Å²) in [5.74, 6) is -2.63. The molecule has 2 aromatic rings. The highest BCUT2D eigenvalue weighted by Crippen LogP contribution is 2.32. The third-order valence-corrected chi connectivity index (χ3v) is 5.35. The number of amides is 4. The van der Waals surface area contributed by atoms with Gasteiger partial charge in [-0.3, -0.25) is 34.2 Å². The van der Waals surface area contributed by atoms with E-state index < -0.39 is 35.3 Å². The molecule has 11 nitrogen and oxygen atoms in total. The Bertz CT molecular complexity index is 1190. The topological polar surface area (TPSA) is 140 Å². The number of aromatic nitrogens is 2. The number of anilines is 1. The van der Waals surface area contributed by atoms with Crippen molar-refractivity contribution in [2.45, 2.75) is 58.3 Å². The van der Waals surface area contributed by atoms with Crippen LogP contribution in [0.25, 0.3) is 0 Å². The maximum atomic E-state index is 13.1. The van der Waals surface area contributed by atoms with Crippen molar-refractivity contribution in [1.29, 1.82) is 0 Å². The molecule has 2 aliphatic heterocycles. The van der Waals surface area contributed by atoms with Crippen LogP contribution in [-0.4, -0.2) is 55.7 Å². The Kier molecular flexibility index (Phi) is 5.94. The van der Waals surface area contributed by atoms with E-state index in [2.05, 4.69) is 15.6 Å². The van der Waals surface area contributed by atoms with Gasteiger partial charge >= 0.3 is 5.97 Å². The van der Waals surface area contributed by atoms with Gasteiger partial charge in [-0.05, 0) is 39.3 Å². The minimum Gasteiger partial charge on any atom is -0.459 e. The third kappa shape index (κ3) is 4.68. The Morgan fingerprint density at radius 2 is 1.97 bits per heavy atom. The van der Waals surface area contributed by atoms with E-state index in [9.17, 15) is 24.0 Å². The Labute approximate surface area is 195 Å². The number of carbonyl (C=O) groups is 5.